The monoisotopic (exact) mass is 251 g/mol. The number of ether oxygens (including phenoxy) is 1. The lowest BCUT2D eigenvalue weighted by Crippen LogP contribution is -2.30. The molecule has 1 saturated carbocycles. The molecule has 1 fully saturated rings. The third-order valence-electron chi connectivity index (χ3n) is 3.51. The fraction of sp³-hybridized carbons (Fsp3) is 0.615. The van der Waals surface area contributed by atoms with Gasteiger partial charge >= 0.3 is 0 Å². The molecule has 0 amide bonds. The van der Waals surface area contributed by atoms with Crippen molar-refractivity contribution in [3.05, 3.63) is 12.1 Å². The maximum absolute atomic E-state index is 9.90. The van der Waals surface area contributed by atoms with E-state index in [-0.39, 0.29) is 12.0 Å². The molecular weight excluding hydrogens is 230 g/mol. The van der Waals surface area contributed by atoms with E-state index >= 15 is 0 Å². The lowest BCUT2D eigenvalue weighted by atomic mass is 9.86. The van der Waals surface area contributed by atoms with Gasteiger partial charge in [0, 0.05) is 18.5 Å². The topological polar surface area (TPSA) is 80.4 Å². The smallest absolute Gasteiger partial charge is 0.215 e. The second-order valence-corrected chi connectivity index (χ2v) is 4.78. The highest BCUT2D eigenvalue weighted by Crippen LogP contribution is 2.26. The quantitative estimate of drug-likeness (QED) is 0.758. The fourth-order valence-corrected chi connectivity index (χ4v) is 2.36. The summed E-state index contributed by atoms with van der Waals surface area (Å²) in [7, 11) is 1.58. The first-order valence-electron chi connectivity index (χ1n) is 6.43. The molecule has 5 nitrogen and oxygen atoms in total. The molecular formula is C13H21N3O2. The second kappa shape index (κ2) is 5.91. The van der Waals surface area contributed by atoms with Crippen LogP contribution in [-0.4, -0.2) is 29.8 Å². The van der Waals surface area contributed by atoms with Crippen LogP contribution >= 0.6 is 0 Å². The summed E-state index contributed by atoms with van der Waals surface area (Å²) in [6, 6.07) is 3.50. The Morgan fingerprint density at radius 1 is 1.44 bits per heavy atom. The number of hydrogen-bond donors (Lipinski definition) is 3. The molecule has 1 aliphatic rings. The van der Waals surface area contributed by atoms with Gasteiger partial charge in [-0.2, -0.15) is 4.98 Å². The molecule has 4 N–H and O–H groups in total. The normalized spacial score (nSPS) is 23.7. The molecule has 0 aliphatic heterocycles. The molecule has 2 atom stereocenters. The van der Waals surface area contributed by atoms with Crippen molar-refractivity contribution in [1.29, 1.82) is 0 Å². The highest BCUT2D eigenvalue weighted by atomic mass is 16.5. The lowest BCUT2D eigenvalue weighted by Gasteiger charge is -2.27. The van der Waals surface area contributed by atoms with Crippen LogP contribution in [0.1, 0.15) is 25.7 Å². The van der Waals surface area contributed by atoms with Gasteiger partial charge in [0.05, 0.1) is 18.9 Å². The summed E-state index contributed by atoms with van der Waals surface area (Å²) in [6.07, 6.45) is 4.05. The van der Waals surface area contributed by atoms with E-state index in [9.17, 15) is 5.11 Å². The highest BCUT2D eigenvalue weighted by molar-refractivity contribution is 5.61. The van der Waals surface area contributed by atoms with Crippen LogP contribution < -0.4 is 15.8 Å². The van der Waals surface area contributed by atoms with Crippen molar-refractivity contribution in [2.24, 2.45) is 5.92 Å². The average molecular weight is 251 g/mol. The number of hydrogen-bond acceptors (Lipinski definition) is 5. The molecule has 5 heteroatoms. The number of methoxy groups -OCH3 is 1. The highest BCUT2D eigenvalue weighted by Gasteiger charge is 2.22. The van der Waals surface area contributed by atoms with Crippen molar-refractivity contribution in [2.75, 3.05) is 24.7 Å². The summed E-state index contributed by atoms with van der Waals surface area (Å²) in [6.45, 7) is 0.700. The van der Waals surface area contributed by atoms with Crippen LogP contribution in [0.5, 0.6) is 5.88 Å². The molecule has 2 rings (SSSR count). The largest absolute Gasteiger partial charge is 0.481 e. The van der Waals surface area contributed by atoms with E-state index in [0.717, 1.165) is 19.3 Å². The molecule has 1 aromatic heterocycles. The summed E-state index contributed by atoms with van der Waals surface area (Å²) >= 11 is 0. The molecule has 0 saturated heterocycles. The van der Waals surface area contributed by atoms with Crippen molar-refractivity contribution >= 4 is 11.5 Å². The van der Waals surface area contributed by atoms with Crippen LogP contribution in [0.4, 0.5) is 11.5 Å². The molecule has 100 valence electrons. The van der Waals surface area contributed by atoms with Gasteiger partial charge in [-0.3, -0.25) is 0 Å². The van der Waals surface area contributed by atoms with Gasteiger partial charge in [0.15, 0.2) is 5.82 Å². The van der Waals surface area contributed by atoms with E-state index in [1.807, 2.05) is 0 Å². The van der Waals surface area contributed by atoms with Gasteiger partial charge < -0.3 is 20.9 Å². The number of nitrogen functional groups attached to an aromatic ring is 1. The van der Waals surface area contributed by atoms with Gasteiger partial charge in [-0.25, -0.2) is 0 Å². The maximum Gasteiger partial charge on any atom is 0.215 e. The first kappa shape index (κ1) is 13.0. The predicted molar refractivity (Wildman–Crippen MR) is 71.7 cm³/mol. The zero-order chi connectivity index (χ0) is 13.0. The Labute approximate surface area is 107 Å². The summed E-state index contributed by atoms with van der Waals surface area (Å²) in [5.74, 6) is 1.45. The SMILES string of the molecule is COc1ccc(N)c(NCC2CCCCC2O)n1. The molecule has 2 unspecified atom stereocenters. The van der Waals surface area contributed by atoms with Crippen LogP contribution in [0.25, 0.3) is 0 Å². The minimum atomic E-state index is -0.210. The van der Waals surface area contributed by atoms with Gasteiger partial charge in [0.1, 0.15) is 0 Å². The van der Waals surface area contributed by atoms with E-state index in [4.69, 9.17) is 10.5 Å². The van der Waals surface area contributed by atoms with Gasteiger partial charge in [-0.05, 0) is 18.9 Å². The van der Waals surface area contributed by atoms with Crippen molar-refractivity contribution in [3.8, 4) is 5.88 Å². The van der Waals surface area contributed by atoms with Gasteiger partial charge in [0.2, 0.25) is 5.88 Å². The van der Waals surface area contributed by atoms with E-state index in [1.165, 1.54) is 6.42 Å². The lowest BCUT2D eigenvalue weighted by molar-refractivity contribution is 0.0763. The Balaban J connectivity index is 1.96. The molecule has 0 radical (unpaired) electrons. The third-order valence-corrected chi connectivity index (χ3v) is 3.51. The Morgan fingerprint density at radius 3 is 2.94 bits per heavy atom. The van der Waals surface area contributed by atoms with Crippen molar-refractivity contribution in [1.82, 2.24) is 4.98 Å². The van der Waals surface area contributed by atoms with Crippen LogP contribution in [0.15, 0.2) is 12.1 Å². The number of aromatic nitrogens is 1. The maximum atomic E-state index is 9.90. The fourth-order valence-electron chi connectivity index (χ4n) is 2.36. The Kier molecular flexibility index (Phi) is 4.25. The summed E-state index contributed by atoms with van der Waals surface area (Å²) in [5, 5.41) is 13.1. The minimum absolute atomic E-state index is 0.210. The first-order valence-corrected chi connectivity index (χ1v) is 6.43. The molecule has 1 aromatic rings. The summed E-state index contributed by atoms with van der Waals surface area (Å²) < 4.78 is 5.07. The van der Waals surface area contributed by atoms with E-state index < -0.39 is 0 Å². The van der Waals surface area contributed by atoms with Crippen LogP contribution in [0.2, 0.25) is 0 Å². The zero-order valence-electron chi connectivity index (χ0n) is 10.7. The van der Waals surface area contributed by atoms with Crippen LogP contribution in [0.3, 0.4) is 0 Å². The van der Waals surface area contributed by atoms with Crippen LogP contribution in [-0.2, 0) is 0 Å². The minimum Gasteiger partial charge on any atom is -0.481 e. The van der Waals surface area contributed by atoms with Crippen LogP contribution in [0, 0.1) is 5.92 Å². The molecule has 1 aliphatic carbocycles. The van der Waals surface area contributed by atoms with Gasteiger partial charge in [-0.15, -0.1) is 0 Å². The molecule has 0 aromatic carbocycles. The molecule has 0 spiro atoms. The van der Waals surface area contributed by atoms with Crippen molar-refractivity contribution in [3.63, 3.8) is 0 Å². The van der Waals surface area contributed by atoms with E-state index in [1.54, 1.807) is 19.2 Å². The summed E-state index contributed by atoms with van der Waals surface area (Å²) in [5.41, 5.74) is 6.45. The van der Waals surface area contributed by atoms with Crippen molar-refractivity contribution in [2.45, 2.75) is 31.8 Å². The number of anilines is 2. The van der Waals surface area contributed by atoms with Crippen molar-refractivity contribution < 1.29 is 9.84 Å². The molecule has 1 heterocycles. The molecule has 0 bridgehead atoms. The standard InChI is InChI=1S/C13H21N3O2/c1-18-12-7-6-10(14)13(16-12)15-8-9-4-2-3-5-11(9)17/h6-7,9,11,17H,2-5,8,14H2,1H3,(H,15,16). The number of nitrogens with two attached hydrogens (primary N) is 1. The number of aliphatic hydroxyl groups excluding tert-OH is 1. The zero-order valence-corrected chi connectivity index (χ0v) is 10.7. The summed E-state index contributed by atoms with van der Waals surface area (Å²) in [4.78, 5) is 4.26. The van der Waals surface area contributed by atoms with Gasteiger partial charge in [0.25, 0.3) is 0 Å². The Bertz CT molecular complexity index is 398. The Hall–Kier alpha value is -1.49. The molecule has 18 heavy (non-hydrogen) atoms. The van der Waals surface area contributed by atoms with Gasteiger partial charge in [-0.1, -0.05) is 12.8 Å². The average Bonchev–Trinajstić information content (AvgIpc) is 2.39. The van der Waals surface area contributed by atoms with E-state index in [0.29, 0.717) is 23.9 Å². The number of aliphatic hydroxyl groups is 1. The van der Waals surface area contributed by atoms with E-state index in [2.05, 4.69) is 10.3 Å². The first-order chi connectivity index (χ1) is 8.70. The number of rotatable bonds is 4. The second-order valence-electron chi connectivity index (χ2n) is 4.78. The Morgan fingerprint density at radius 2 is 2.22 bits per heavy atom. The number of nitrogens with zero attached hydrogens (tertiary/aromatic N) is 1. The third kappa shape index (κ3) is 3.04. The predicted octanol–water partition coefficient (Wildman–Crippen LogP) is 1.64. The number of pyridine rings is 1. The number of nitrogens with one attached hydrogen (secondary N) is 1.